The van der Waals surface area contributed by atoms with E-state index in [2.05, 4.69) is 26.2 Å². The number of sulfone groups is 1. The van der Waals surface area contributed by atoms with Gasteiger partial charge in [-0.25, -0.2) is 13.4 Å². The van der Waals surface area contributed by atoms with Crippen molar-refractivity contribution in [1.82, 2.24) is 10.3 Å². The van der Waals surface area contributed by atoms with Crippen molar-refractivity contribution in [2.45, 2.75) is 11.4 Å². The summed E-state index contributed by atoms with van der Waals surface area (Å²) in [5.41, 5.74) is 0. The van der Waals surface area contributed by atoms with E-state index in [-0.39, 0.29) is 16.7 Å². The molecule has 0 aromatic carbocycles. The molecule has 1 aromatic rings. The smallest absolute Gasteiger partial charge is 0.195 e. The van der Waals surface area contributed by atoms with E-state index in [1.54, 1.807) is 18.2 Å². The van der Waals surface area contributed by atoms with Crippen molar-refractivity contribution in [2.24, 2.45) is 5.92 Å². The molecule has 88 valence electrons. The number of hydrogen-bond acceptors (Lipinski definition) is 4. The maximum Gasteiger partial charge on any atom is 0.195 e. The summed E-state index contributed by atoms with van der Waals surface area (Å²) in [5.74, 6) is 0.398. The molecular weight excluding hydrogens is 292 g/mol. The van der Waals surface area contributed by atoms with Crippen molar-refractivity contribution in [1.29, 1.82) is 0 Å². The fourth-order valence-electron chi connectivity index (χ4n) is 1.82. The Bertz CT molecular complexity index is 469. The number of rotatable bonds is 3. The van der Waals surface area contributed by atoms with Crippen LogP contribution in [0.1, 0.15) is 6.42 Å². The van der Waals surface area contributed by atoms with Crippen molar-refractivity contribution in [3.63, 3.8) is 0 Å². The highest BCUT2D eigenvalue weighted by Gasteiger charge is 2.24. The van der Waals surface area contributed by atoms with E-state index < -0.39 is 9.84 Å². The molecule has 2 heterocycles. The van der Waals surface area contributed by atoms with Crippen LogP contribution in [0.3, 0.4) is 0 Å². The number of pyridine rings is 1. The van der Waals surface area contributed by atoms with Gasteiger partial charge in [0.2, 0.25) is 0 Å². The fourth-order valence-corrected chi connectivity index (χ4v) is 3.88. The SMILES string of the molecule is O=S(=O)(CC1CCNC1)c1cccc(Br)n1. The lowest BCUT2D eigenvalue weighted by molar-refractivity contribution is 0.567. The molecule has 1 fully saturated rings. The zero-order valence-corrected chi connectivity index (χ0v) is 11.1. The molecule has 0 radical (unpaired) electrons. The summed E-state index contributed by atoms with van der Waals surface area (Å²) in [6.45, 7) is 1.69. The summed E-state index contributed by atoms with van der Waals surface area (Å²) in [6, 6.07) is 4.95. The third kappa shape index (κ3) is 2.81. The van der Waals surface area contributed by atoms with Gasteiger partial charge >= 0.3 is 0 Å². The van der Waals surface area contributed by atoms with E-state index in [9.17, 15) is 8.42 Å². The summed E-state index contributed by atoms with van der Waals surface area (Å²) < 4.78 is 24.6. The minimum Gasteiger partial charge on any atom is -0.316 e. The first kappa shape index (κ1) is 12.0. The first-order valence-corrected chi connectivity index (χ1v) is 7.58. The van der Waals surface area contributed by atoms with E-state index in [0.717, 1.165) is 19.5 Å². The molecule has 1 aromatic heterocycles. The lowest BCUT2D eigenvalue weighted by atomic mass is 10.2. The van der Waals surface area contributed by atoms with Crippen LogP contribution < -0.4 is 5.32 Å². The van der Waals surface area contributed by atoms with Gasteiger partial charge in [0.1, 0.15) is 4.60 Å². The molecule has 1 unspecified atom stereocenters. The van der Waals surface area contributed by atoms with Crippen LogP contribution in [0.15, 0.2) is 27.8 Å². The van der Waals surface area contributed by atoms with Crippen LogP contribution in [0.5, 0.6) is 0 Å². The minimum absolute atomic E-state index is 0.161. The lowest BCUT2D eigenvalue weighted by Gasteiger charge is -2.08. The molecule has 1 aliphatic heterocycles. The Kier molecular flexibility index (Phi) is 3.61. The normalized spacial score (nSPS) is 21.2. The average Bonchev–Trinajstić information content (AvgIpc) is 2.70. The van der Waals surface area contributed by atoms with Crippen molar-refractivity contribution < 1.29 is 8.42 Å². The molecule has 1 atom stereocenters. The van der Waals surface area contributed by atoms with Gasteiger partial charge in [-0.15, -0.1) is 0 Å². The van der Waals surface area contributed by atoms with Crippen LogP contribution in [0.2, 0.25) is 0 Å². The van der Waals surface area contributed by atoms with Crippen LogP contribution in [0.4, 0.5) is 0 Å². The van der Waals surface area contributed by atoms with Crippen molar-refractivity contribution in [3.8, 4) is 0 Å². The number of halogens is 1. The first-order valence-electron chi connectivity index (χ1n) is 5.14. The highest BCUT2D eigenvalue weighted by Crippen LogP contribution is 2.17. The highest BCUT2D eigenvalue weighted by molar-refractivity contribution is 9.10. The molecule has 0 amide bonds. The van der Waals surface area contributed by atoms with Crippen molar-refractivity contribution in [2.75, 3.05) is 18.8 Å². The van der Waals surface area contributed by atoms with Crippen LogP contribution in [0, 0.1) is 5.92 Å². The minimum atomic E-state index is -3.25. The Morgan fingerprint density at radius 1 is 1.50 bits per heavy atom. The van der Waals surface area contributed by atoms with Crippen LogP contribution in [0.25, 0.3) is 0 Å². The molecule has 6 heteroatoms. The van der Waals surface area contributed by atoms with E-state index >= 15 is 0 Å². The second-order valence-corrected chi connectivity index (χ2v) is 6.73. The van der Waals surface area contributed by atoms with E-state index in [4.69, 9.17) is 0 Å². The monoisotopic (exact) mass is 304 g/mol. The molecule has 0 aliphatic carbocycles. The van der Waals surface area contributed by atoms with Gasteiger partial charge in [-0.2, -0.15) is 0 Å². The molecule has 4 nitrogen and oxygen atoms in total. The maximum absolute atomic E-state index is 12.0. The molecule has 1 aliphatic rings. The number of nitrogens with zero attached hydrogens (tertiary/aromatic N) is 1. The second kappa shape index (κ2) is 4.81. The van der Waals surface area contributed by atoms with Gasteiger partial charge in [0, 0.05) is 0 Å². The Hall–Kier alpha value is -0.460. The molecule has 1 N–H and O–H groups in total. The summed E-state index contributed by atoms with van der Waals surface area (Å²) in [5, 5.41) is 3.32. The zero-order chi connectivity index (χ0) is 11.6. The predicted octanol–water partition coefficient (Wildman–Crippen LogP) is 1.23. The Morgan fingerprint density at radius 3 is 2.94 bits per heavy atom. The quantitative estimate of drug-likeness (QED) is 0.853. The molecule has 0 saturated carbocycles. The molecular formula is C10H13BrN2O2S. The van der Waals surface area contributed by atoms with E-state index in [0.29, 0.717) is 4.60 Å². The topological polar surface area (TPSA) is 59.1 Å². The molecule has 16 heavy (non-hydrogen) atoms. The molecule has 1 saturated heterocycles. The highest BCUT2D eigenvalue weighted by atomic mass is 79.9. The van der Waals surface area contributed by atoms with Gasteiger partial charge < -0.3 is 5.32 Å². The number of hydrogen-bond donors (Lipinski definition) is 1. The third-order valence-electron chi connectivity index (χ3n) is 2.63. The predicted molar refractivity (Wildman–Crippen MR) is 65.0 cm³/mol. The molecule has 2 rings (SSSR count). The van der Waals surface area contributed by atoms with E-state index in [1.807, 2.05) is 0 Å². The standard InChI is InChI=1S/C10H13BrN2O2S/c11-9-2-1-3-10(13-9)16(14,15)7-8-4-5-12-6-8/h1-3,8,12H,4-7H2. The number of aromatic nitrogens is 1. The largest absolute Gasteiger partial charge is 0.316 e. The van der Waals surface area contributed by atoms with Crippen LogP contribution >= 0.6 is 15.9 Å². The fraction of sp³-hybridized carbons (Fsp3) is 0.500. The molecule has 0 bridgehead atoms. The van der Waals surface area contributed by atoms with Gasteiger partial charge in [-0.1, -0.05) is 6.07 Å². The van der Waals surface area contributed by atoms with Gasteiger partial charge in [-0.3, -0.25) is 0 Å². The van der Waals surface area contributed by atoms with Crippen molar-refractivity contribution >= 4 is 25.8 Å². The summed E-state index contributed by atoms with van der Waals surface area (Å²) in [6.07, 6.45) is 0.924. The van der Waals surface area contributed by atoms with Gasteiger partial charge in [-0.05, 0) is 53.5 Å². The average molecular weight is 305 g/mol. The zero-order valence-electron chi connectivity index (χ0n) is 8.69. The maximum atomic E-state index is 12.0. The summed E-state index contributed by atoms with van der Waals surface area (Å²) in [4.78, 5) is 4.00. The van der Waals surface area contributed by atoms with E-state index in [1.165, 1.54) is 0 Å². The summed E-state index contributed by atoms with van der Waals surface area (Å²) >= 11 is 3.18. The Morgan fingerprint density at radius 2 is 2.31 bits per heavy atom. The van der Waals surface area contributed by atoms with Gasteiger partial charge in [0.25, 0.3) is 0 Å². The second-order valence-electron chi connectivity index (χ2n) is 3.94. The lowest BCUT2D eigenvalue weighted by Crippen LogP contribution is -2.19. The van der Waals surface area contributed by atoms with Gasteiger partial charge in [0.05, 0.1) is 5.75 Å². The van der Waals surface area contributed by atoms with Crippen LogP contribution in [-0.4, -0.2) is 32.2 Å². The first-order chi connectivity index (χ1) is 7.58. The Balaban J connectivity index is 2.18. The number of nitrogens with one attached hydrogen (secondary N) is 1. The Labute approximate surface area is 104 Å². The summed E-state index contributed by atoms with van der Waals surface area (Å²) in [7, 11) is -3.25. The molecule has 0 spiro atoms. The third-order valence-corrected chi connectivity index (χ3v) is 4.84. The van der Waals surface area contributed by atoms with Crippen LogP contribution in [-0.2, 0) is 9.84 Å². The van der Waals surface area contributed by atoms with Crippen molar-refractivity contribution in [3.05, 3.63) is 22.8 Å². The van der Waals surface area contributed by atoms with Gasteiger partial charge in [0.15, 0.2) is 14.9 Å².